The Balaban J connectivity index is 1.87. The first kappa shape index (κ1) is 15.9. The summed E-state index contributed by atoms with van der Waals surface area (Å²) in [5, 5.41) is 4.03. The van der Waals surface area contributed by atoms with Crippen molar-refractivity contribution < 1.29 is 17.9 Å². The number of ether oxygens (including phenoxy) is 1. The lowest BCUT2D eigenvalue weighted by Gasteiger charge is -2.26. The minimum absolute atomic E-state index is 0.278. The molecule has 2 aromatic rings. The Morgan fingerprint density at radius 3 is 2.48 bits per heavy atom. The normalized spacial score (nSPS) is 16.7. The third-order valence-corrected chi connectivity index (χ3v) is 3.48. The molecule has 2 aromatic heterocycles. The van der Waals surface area contributed by atoms with Gasteiger partial charge in [-0.15, -0.1) is 0 Å². The van der Waals surface area contributed by atoms with Crippen molar-refractivity contribution in [2.75, 3.05) is 26.3 Å². The molecule has 0 amide bonds. The van der Waals surface area contributed by atoms with Crippen LogP contribution in [-0.2, 0) is 17.8 Å². The lowest BCUT2D eigenvalue weighted by atomic mass is 10.2. The van der Waals surface area contributed by atoms with Gasteiger partial charge in [0.15, 0.2) is 5.82 Å². The minimum Gasteiger partial charge on any atom is -0.379 e. The van der Waals surface area contributed by atoms with Crippen molar-refractivity contribution in [1.82, 2.24) is 24.6 Å². The van der Waals surface area contributed by atoms with Gasteiger partial charge in [-0.1, -0.05) is 0 Å². The van der Waals surface area contributed by atoms with Crippen molar-refractivity contribution in [2.45, 2.75) is 19.3 Å². The van der Waals surface area contributed by atoms with E-state index >= 15 is 0 Å². The molecule has 6 nitrogen and oxygen atoms in total. The number of halogens is 3. The Morgan fingerprint density at radius 2 is 1.83 bits per heavy atom. The third-order valence-electron chi connectivity index (χ3n) is 3.48. The van der Waals surface area contributed by atoms with Gasteiger partial charge in [0.2, 0.25) is 0 Å². The second-order valence-corrected chi connectivity index (χ2v) is 5.25. The van der Waals surface area contributed by atoms with Crippen LogP contribution in [0.25, 0.3) is 11.4 Å². The van der Waals surface area contributed by atoms with E-state index in [0.29, 0.717) is 44.2 Å². The summed E-state index contributed by atoms with van der Waals surface area (Å²) in [5.41, 5.74) is 0.643. The number of nitrogens with zero attached hydrogens (tertiary/aromatic N) is 5. The van der Waals surface area contributed by atoms with E-state index in [0.717, 1.165) is 4.68 Å². The molecule has 0 aromatic carbocycles. The Kier molecular flexibility index (Phi) is 4.58. The number of aromatic nitrogens is 4. The van der Waals surface area contributed by atoms with Crippen molar-refractivity contribution in [3.8, 4) is 11.4 Å². The molecule has 0 bridgehead atoms. The Labute approximate surface area is 130 Å². The molecular formula is C14H16F3N5O. The van der Waals surface area contributed by atoms with Crippen LogP contribution < -0.4 is 0 Å². The van der Waals surface area contributed by atoms with Crippen LogP contribution in [0.4, 0.5) is 13.2 Å². The van der Waals surface area contributed by atoms with Crippen LogP contribution in [0.15, 0.2) is 24.5 Å². The van der Waals surface area contributed by atoms with E-state index in [9.17, 15) is 13.2 Å². The molecule has 9 heteroatoms. The van der Waals surface area contributed by atoms with Gasteiger partial charge in [0.1, 0.15) is 12.4 Å². The van der Waals surface area contributed by atoms with Gasteiger partial charge < -0.3 is 4.74 Å². The summed E-state index contributed by atoms with van der Waals surface area (Å²) in [5.74, 6) is 0.580. The summed E-state index contributed by atoms with van der Waals surface area (Å²) >= 11 is 0. The zero-order valence-electron chi connectivity index (χ0n) is 12.3. The molecule has 124 valence electrons. The maximum atomic E-state index is 12.8. The largest absolute Gasteiger partial charge is 0.408 e. The monoisotopic (exact) mass is 327 g/mol. The van der Waals surface area contributed by atoms with Gasteiger partial charge in [-0.3, -0.25) is 9.88 Å². The number of hydrogen-bond acceptors (Lipinski definition) is 5. The van der Waals surface area contributed by atoms with E-state index in [4.69, 9.17) is 4.74 Å². The van der Waals surface area contributed by atoms with E-state index in [2.05, 4.69) is 15.1 Å². The molecule has 1 aliphatic heterocycles. The molecule has 3 heterocycles. The summed E-state index contributed by atoms with van der Waals surface area (Å²) < 4.78 is 44.5. The Bertz CT molecular complexity index is 638. The van der Waals surface area contributed by atoms with Gasteiger partial charge >= 0.3 is 6.18 Å². The first-order valence-corrected chi connectivity index (χ1v) is 7.22. The fourth-order valence-corrected chi connectivity index (χ4v) is 2.37. The van der Waals surface area contributed by atoms with Gasteiger partial charge in [-0.2, -0.15) is 18.3 Å². The van der Waals surface area contributed by atoms with Crippen molar-refractivity contribution in [1.29, 1.82) is 0 Å². The molecule has 0 N–H and O–H groups in total. The highest BCUT2D eigenvalue weighted by atomic mass is 19.4. The zero-order chi connectivity index (χ0) is 16.3. The highest BCUT2D eigenvalue weighted by Crippen LogP contribution is 2.21. The summed E-state index contributed by atoms with van der Waals surface area (Å²) in [4.78, 5) is 10.2. The number of pyridine rings is 1. The molecule has 1 aliphatic rings. The van der Waals surface area contributed by atoms with E-state index in [1.165, 1.54) is 0 Å². The Morgan fingerprint density at radius 1 is 1.13 bits per heavy atom. The van der Waals surface area contributed by atoms with E-state index in [1.54, 1.807) is 24.5 Å². The van der Waals surface area contributed by atoms with Crippen LogP contribution in [0.1, 0.15) is 5.82 Å². The molecule has 1 fully saturated rings. The second-order valence-electron chi connectivity index (χ2n) is 5.25. The fourth-order valence-electron chi connectivity index (χ4n) is 2.37. The lowest BCUT2D eigenvalue weighted by molar-refractivity contribution is -0.143. The highest BCUT2D eigenvalue weighted by molar-refractivity contribution is 5.53. The quantitative estimate of drug-likeness (QED) is 0.856. The summed E-state index contributed by atoms with van der Waals surface area (Å²) in [7, 11) is 0. The minimum atomic E-state index is -4.34. The van der Waals surface area contributed by atoms with Crippen LogP contribution in [-0.4, -0.2) is 57.1 Å². The predicted octanol–water partition coefficient (Wildman–Crippen LogP) is 1.73. The first-order valence-electron chi connectivity index (χ1n) is 7.22. The van der Waals surface area contributed by atoms with Crippen LogP contribution in [0.3, 0.4) is 0 Å². The highest BCUT2D eigenvalue weighted by Gasteiger charge is 2.31. The SMILES string of the molecule is FC(F)(F)Cn1nc(-c2ccncc2)nc1CN1CCOCC1. The van der Waals surface area contributed by atoms with E-state index in [1.807, 2.05) is 4.90 Å². The van der Waals surface area contributed by atoms with Gasteiger partial charge in [-0.25, -0.2) is 9.67 Å². The average molecular weight is 327 g/mol. The van der Waals surface area contributed by atoms with E-state index < -0.39 is 12.7 Å². The van der Waals surface area contributed by atoms with Crippen LogP contribution in [0.5, 0.6) is 0 Å². The summed E-state index contributed by atoms with van der Waals surface area (Å²) in [6, 6.07) is 3.34. The van der Waals surface area contributed by atoms with Gasteiger partial charge in [0.25, 0.3) is 0 Å². The van der Waals surface area contributed by atoms with Gasteiger partial charge in [-0.05, 0) is 12.1 Å². The van der Waals surface area contributed by atoms with Crippen LogP contribution >= 0.6 is 0 Å². The summed E-state index contributed by atoms with van der Waals surface area (Å²) in [6.07, 6.45) is -1.23. The third kappa shape index (κ3) is 4.26. The molecule has 0 spiro atoms. The topological polar surface area (TPSA) is 56.1 Å². The van der Waals surface area contributed by atoms with Crippen molar-refractivity contribution >= 4 is 0 Å². The molecule has 1 saturated heterocycles. The molecular weight excluding hydrogens is 311 g/mol. The fraction of sp³-hybridized carbons (Fsp3) is 0.500. The average Bonchev–Trinajstić information content (AvgIpc) is 2.90. The van der Waals surface area contributed by atoms with Crippen molar-refractivity contribution in [3.63, 3.8) is 0 Å². The standard InChI is InChI=1S/C14H16F3N5O/c15-14(16,17)10-22-12(9-21-5-7-23-8-6-21)19-13(20-22)11-1-3-18-4-2-11/h1-4H,5-10H2. The molecule has 3 rings (SSSR count). The number of morpholine rings is 1. The van der Waals surface area contributed by atoms with Gasteiger partial charge in [0.05, 0.1) is 19.8 Å². The van der Waals surface area contributed by atoms with Crippen LogP contribution in [0.2, 0.25) is 0 Å². The zero-order valence-corrected chi connectivity index (χ0v) is 12.3. The van der Waals surface area contributed by atoms with Crippen molar-refractivity contribution in [3.05, 3.63) is 30.4 Å². The molecule has 23 heavy (non-hydrogen) atoms. The molecule has 0 aliphatic carbocycles. The number of hydrogen-bond donors (Lipinski definition) is 0. The molecule has 0 radical (unpaired) electrons. The molecule has 0 unspecified atom stereocenters. The number of alkyl halides is 3. The lowest BCUT2D eigenvalue weighted by Crippen LogP contribution is -2.36. The maximum Gasteiger partial charge on any atom is 0.408 e. The Hall–Kier alpha value is -2.00. The first-order chi connectivity index (χ1) is 11.0. The number of rotatable bonds is 4. The van der Waals surface area contributed by atoms with E-state index in [-0.39, 0.29) is 5.82 Å². The second kappa shape index (κ2) is 6.63. The maximum absolute atomic E-state index is 12.8. The van der Waals surface area contributed by atoms with Crippen molar-refractivity contribution in [2.24, 2.45) is 0 Å². The van der Waals surface area contributed by atoms with Crippen LogP contribution in [0, 0.1) is 0 Å². The molecule has 0 saturated carbocycles. The predicted molar refractivity (Wildman–Crippen MR) is 75.4 cm³/mol. The molecule has 0 atom stereocenters. The van der Waals surface area contributed by atoms with Gasteiger partial charge in [0, 0.05) is 31.0 Å². The smallest absolute Gasteiger partial charge is 0.379 e. The summed E-state index contributed by atoms with van der Waals surface area (Å²) in [6.45, 7) is 1.66.